The molecule has 3 nitrogen and oxygen atoms in total. The third-order valence-corrected chi connectivity index (χ3v) is 4.41. The van der Waals surface area contributed by atoms with Crippen molar-refractivity contribution in [1.82, 2.24) is 4.90 Å². The molecule has 1 fully saturated rings. The van der Waals surface area contributed by atoms with Crippen LogP contribution >= 0.6 is 11.3 Å². The zero-order chi connectivity index (χ0) is 13.0. The average molecular weight is 267 g/mol. The second kappa shape index (κ2) is 6.34. The third-order valence-electron chi connectivity index (χ3n) is 3.37. The highest BCUT2D eigenvalue weighted by molar-refractivity contribution is 7.10. The van der Waals surface area contributed by atoms with E-state index in [4.69, 9.17) is 4.74 Å². The van der Waals surface area contributed by atoms with Gasteiger partial charge in [-0.2, -0.15) is 0 Å². The van der Waals surface area contributed by atoms with Crippen molar-refractivity contribution in [3.05, 3.63) is 21.9 Å². The lowest BCUT2D eigenvalue weighted by atomic mass is 9.97. The third kappa shape index (κ3) is 3.56. The fourth-order valence-corrected chi connectivity index (χ4v) is 3.30. The summed E-state index contributed by atoms with van der Waals surface area (Å²) in [5.41, 5.74) is 1.34. The summed E-state index contributed by atoms with van der Waals surface area (Å²) >= 11 is 1.83. The number of carbonyl (C=O) groups is 1. The number of carbonyl (C=O) groups excluding carboxylic acids is 1. The normalized spacial score (nSPS) is 17.9. The molecule has 1 aromatic rings. The smallest absolute Gasteiger partial charge is 0.309 e. The Kier molecular flexibility index (Phi) is 4.78. The minimum atomic E-state index is -0.0101. The summed E-state index contributed by atoms with van der Waals surface area (Å²) in [4.78, 5) is 15.5. The first-order valence-electron chi connectivity index (χ1n) is 6.62. The van der Waals surface area contributed by atoms with Crippen molar-refractivity contribution in [2.24, 2.45) is 5.92 Å². The maximum atomic E-state index is 11.6. The van der Waals surface area contributed by atoms with Crippen molar-refractivity contribution >= 4 is 17.3 Å². The zero-order valence-corrected chi connectivity index (χ0v) is 12.0. The van der Waals surface area contributed by atoms with Gasteiger partial charge in [0.1, 0.15) is 0 Å². The number of rotatable bonds is 4. The fraction of sp³-hybridized carbons (Fsp3) is 0.643. The molecule has 2 rings (SSSR count). The maximum absolute atomic E-state index is 11.6. The molecule has 1 aliphatic heterocycles. The number of thiophene rings is 1. The van der Waals surface area contributed by atoms with Crippen molar-refractivity contribution in [3.8, 4) is 0 Å². The van der Waals surface area contributed by atoms with Gasteiger partial charge in [-0.3, -0.25) is 9.69 Å². The topological polar surface area (TPSA) is 29.5 Å². The lowest BCUT2D eigenvalue weighted by Gasteiger charge is -2.30. The zero-order valence-electron chi connectivity index (χ0n) is 11.1. The Bertz CT molecular complexity index is 394. The number of aryl methyl sites for hydroxylation is 1. The molecule has 1 saturated heterocycles. The molecule has 0 aromatic carbocycles. The number of piperidine rings is 1. The first-order valence-corrected chi connectivity index (χ1v) is 7.50. The molecule has 0 atom stereocenters. The Balaban J connectivity index is 1.78. The Hall–Kier alpha value is -0.870. The molecule has 2 heterocycles. The van der Waals surface area contributed by atoms with Gasteiger partial charge in [0, 0.05) is 11.4 Å². The van der Waals surface area contributed by atoms with Crippen LogP contribution in [0.3, 0.4) is 0 Å². The lowest BCUT2D eigenvalue weighted by molar-refractivity contribution is -0.149. The van der Waals surface area contributed by atoms with Crippen molar-refractivity contribution in [1.29, 1.82) is 0 Å². The van der Waals surface area contributed by atoms with E-state index in [0.717, 1.165) is 32.5 Å². The van der Waals surface area contributed by atoms with Gasteiger partial charge >= 0.3 is 5.97 Å². The highest BCUT2D eigenvalue weighted by Gasteiger charge is 2.25. The van der Waals surface area contributed by atoms with Gasteiger partial charge in [0.2, 0.25) is 0 Å². The van der Waals surface area contributed by atoms with E-state index < -0.39 is 0 Å². The van der Waals surface area contributed by atoms with E-state index >= 15 is 0 Å². The number of hydrogen-bond donors (Lipinski definition) is 0. The van der Waals surface area contributed by atoms with Crippen LogP contribution in [0, 0.1) is 12.8 Å². The highest BCUT2D eigenvalue weighted by atomic mass is 32.1. The molecule has 100 valence electrons. The minimum absolute atomic E-state index is 0.0101. The maximum Gasteiger partial charge on any atom is 0.309 e. The van der Waals surface area contributed by atoms with Gasteiger partial charge in [0.05, 0.1) is 12.5 Å². The lowest BCUT2D eigenvalue weighted by Crippen LogP contribution is -2.36. The van der Waals surface area contributed by atoms with Crippen LogP contribution in [0.1, 0.15) is 30.2 Å². The number of esters is 1. The molecule has 0 spiro atoms. The molecule has 0 bridgehead atoms. The fourth-order valence-electron chi connectivity index (χ4n) is 2.38. The highest BCUT2D eigenvalue weighted by Crippen LogP contribution is 2.22. The van der Waals surface area contributed by atoms with E-state index in [2.05, 4.69) is 23.3 Å². The van der Waals surface area contributed by atoms with Crippen LogP contribution in [-0.2, 0) is 16.1 Å². The first kappa shape index (κ1) is 13.6. The van der Waals surface area contributed by atoms with Crippen molar-refractivity contribution in [2.45, 2.75) is 33.2 Å². The van der Waals surface area contributed by atoms with Crippen LogP contribution < -0.4 is 0 Å². The molecular formula is C14H21NO2S. The Morgan fingerprint density at radius 3 is 2.78 bits per heavy atom. The number of hydrogen-bond acceptors (Lipinski definition) is 4. The Morgan fingerprint density at radius 2 is 2.22 bits per heavy atom. The van der Waals surface area contributed by atoms with Gasteiger partial charge in [-0.15, -0.1) is 11.3 Å². The summed E-state index contributed by atoms with van der Waals surface area (Å²) in [7, 11) is 0. The summed E-state index contributed by atoms with van der Waals surface area (Å²) < 4.78 is 5.08. The van der Waals surface area contributed by atoms with Gasteiger partial charge in [-0.1, -0.05) is 0 Å². The van der Waals surface area contributed by atoms with Gasteiger partial charge in [0.25, 0.3) is 0 Å². The predicted octanol–water partition coefficient (Wildman–Crippen LogP) is 2.83. The molecule has 1 aromatic heterocycles. The largest absolute Gasteiger partial charge is 0.466 e. The standard InChI is InChI=1S/C14H21NO2S/c1-3-17-14(16)12-4-6-15(7-5-12)9-13-8-11(2)10-18-13/h8,10,12H,3-7,9H2,1-2H3. The first-order chi connectivity index (χ1) is 8.69. The summed E-state index contributed by atoms with van der Waals surface area (Å²) in [5, 5.41) is 2.20. The molecule has 0 amide bonds. The van der Waals surface area contributed by atoms with Gasteiger partial charge < -0.3 is 4.74 Å². The van der Waals surface area contributed by atoms with Crippen LogP contribution in [0.5, 0.6) is 0 Å². The van der Waals surface area contributed by atoms with Crippen LogP contribution in [0.4, 0.5) is 0 Å². The van der Waals surface area contributed by atoms with Crippen molar-refractivity contribution < 1.29 is 9.53 Å². The van der Waals surface area contributed by atoms with Gasteiger partial charge in [0.15, 0.2) is 0 Å². The van der Waals surface area contributed by atoms with Crippen LogP contribution in [-0.4, -0.2) is 30.6 Å². The molecule has 18 heavy (non-hydrogen) atoms. The van der Waals surface area contributed by atoms with E-state index in [1.165, 1.54) is 10.4 Å². The molecule has 0 aliphatic carbocycles. The second-order valence-electron chi connectivity index (χ2n) is 4.89. The molecule has 0 saturated carbocycles. The Morgan fingerprint density at radius 1 is 1.50 bits per heavy atom. The molecule has 0 unspecified atom stereocenters. The Labute approximate surface area is 113 Å². The average Bonchev–Trinajstić information content (AvgIpc) is 2.76. The predicted molar refractivity (Wildman–Crippen MR) is 73.7 cm³/mol. The molecule has 1 aliphatic rings. The van der Waals surface area contributed by atoms with Crippen LogP contribution in [0.15, 0.2) is 11.4 Å². The SMILES string of the molecule is CCOC(=O)C1CCN(Cc2cc(C)cs2)CC1. The minimum Gasteiger partial charge on any atom is -0.466 e. The van der Waals surface area contributed by atoms with Gasteiger partial charge in [-0.25, -0.2) is 0 Å². The van der Waals surface area contributed by atoms with E-state index in [1.807, 2.05) is 18.3 Å². The van der Waals surface area contributed by atoms with E-state index in [9.17, 15) is 4.79 Å². The van der Waals surface area contributed by atoms with Crippen LogP contribution in [0.25, 0.3) is 0 Å². The van der Waals surface area contributed by atoms with Gasteiger partial charge in [-0.05, 0) is 56.8 Å². The number of likely N-dealkylation sites (tertiary alicyclic amines) is 1. The summed E-state index contributed by atoms with van der Waals surface area (Å²) in [6.45, 7) is 7.52. The van der Waals surface area contributed by atoms with Crippen molar-refractivity contribution in [2.75, 3.05) is 19.7 Å². The van der Waals surface area contributed by atoms with E-state index in [-0.39, 0.29) is 11.9 Å². The number of ether oxygens (including phenoxy) is 1. The summed E-state index contributed by atoms with van der Waals surface area (Å²) in [6.07, 6.45) is 1.87. The second-order valence-corrected chi connectivity index (χ2v) is 5.89. The summed E-state index contributed by atoms with van der Waals surface area (Å²) in [6, 6.07) is 2.25. The molecule has 4 heteroatoms. The monoisotopic (exact) mass is 267 g/mol. The van der Waals surface area contributed by atoms with Crippen molar-refractivity contribution in [3.63, 3.8) is 0 Å². The molecule has 0 radical (unpaired) electrons. The van der Waals surface area contributed by atoms with E-state index in [0.29, 0.717) is 6.61 Å². The number of nitrogens with zero attached hydrogens (tertiary/aromatic N) is 1. The summed E-state index contributed by atoms with van der Waals surface area (Å²) in [5.74, 6) is 0.107. The van der Waals surface area contributed by atoms with Crippen LogP contribution in [0.2, 0.25) is 0 Å². The van der Waals surface area contributed by atoms with E-state index in [1.54, 1.807) is 0 Å². The molecular weight excluding hydrogens is 246 g/mol. The molecule has 0 N–H and O–H groups in total. The quantitative estimate of drug-likeness (QED) is 0.786.